The number of amides is 1. The zero-order valence-corrected chi connectivity index (χ0v) is 15.4. The number of nitrogens with zero attached hydrogens (tertiary/aromatic N) is 1. The number of nitrogens with one attached hydrogen (secondary N) is 1. The lowest BCUT2D eigenvalue weighted by Gasteiger charge is -2.19. The molecule has 4 nitrogen and oxygen atoms in total. The number of hydrogen-bond donors (Lipinski definition) is 2. The van der Waals surface area contributed by atoms with E-state index in [4.69, 9.17) is 5.73 Å². The molecule has 1 atom stereocenters. The van der Waals surface area contributed by atoms with Gasteiger partial charge in [0.05, 0.1) is 0 Å². The molecule has 0 spiro atoms. The number of carbonyl (C=O) groups is 1. The number of likely N-dealkylation sites (tertiary alicyclic amines) is 1. The largest absolute Gasteiger partial charge is 0.327 e. The monoisotopic (exact) mass is 361 g/mol. The third-order valence-electron chi connectivity index (χ3n) is 3.85. The molecular weight excluding hydrogens is 333 g/mol. The van der Waals surface area contributed by atoms with Crippen LogP contribution in [0.2, 0.25) is 0 Å². The summed E-state index contributed by atoms with van der Waals surface area (Å²) in [5, 5.41) is 2.88. The molecule has 1 unspecified atom stereocenters. The van der Waals surface area contributed by atoms with E-state index in [2.05, 4.69) is 22.3 Å². The predicted molar refractivity (Wildman–Crippen MR) is 102 cm³/mol. The molecule has 6 heteroatoms. The van der Waals surface area contributed by atoms with Crippen molar-refractivity contribution in [2.24, 2.45) is 5.73 Å². The zero-order valence-electron chi connectivity index (χ0n) is 13.8. The van der Waals surface area contributed by atoms with Gasteiger partial charge in [-0.2, -0.15) is 0 Å². The third-order valence-corrected chi connectivity index (χ3v) is 3.85. The summed E-state index contributed by atoms with van der Waals surface area (Å²) in [6.45, 7) is 5.25. The van der Waals surface area contributed by atoms with Gasteiger partial charge in [-0.15, -0.1) is 24.8 Å². The molecule has 1 fully saturated rings. The van der Waals surface area contributed by atoms with Crippen molar-refractivity contribution in [2.75, 3.05) is 18.4 Å². The first-order chi connectivity index (χ1) is 10.1. The maximum absolute atomic E-state index is 11.7. The first kappa shape index (κ1) is 22.2. The maximum Gasteiger partial charge on any atom is 0.225 e. The van der Waals surface area contributed by atoms with Crippen LogP contribution < -0.4 is 11.1 Å². The molecule has 0 aromatic heterocycles. The molecule has 0 saturated carbocycles. The van der Waals surface area contributed by atoms with Crippen LogP contribution in [-0.4, -0.2) is 29.9 Å². The van der Waals surface area contributed by atoms with Crippen molar-refractivity contribution in [1.82, 2.24) is 4.90 Å². The van der Waals surface area contributed by atoms with Gasteiger partial charge in [0.1, 0.15) is 0 Å². The van der Waals surface area contributed by atoms with Gasteiger partial charge in [0.15, 0.2) is 0 Å². The first-order valence-electron chi connectivity index (χ1n) is 8.00. The Kier molecular flexibility index (Phi) is 11.3. The Bertz CT molecular complexity index is 444. The Hall–Kier alpha value is -0.810. The minimum Gasteiger partial charge on any atom is -0.327 e. The number of halogens is 2. The van der Waals surface area contributed by atoms with E-state index < -0.39 is 0 Å². The van der Waals surface area contributed by atoms with Crippen molar-refractivity contribution >= 4 is 36.4 Å². The second-order valence-corrected chi connectivity index (χ2v) is 6.12. The molecule has 23 heavy (non-hydrogen) atoms. The van der Waals surface area contributed by atoms with E-state index in [9.17, 15) is 4.79 Å². The van der Waals surface area contributed by atoms with E-state index in [1.165, 1.54) is 44.3 Å². The molecule has 1 aromatic carbocycles. The number of hydrogen-bond acceptors (Lipinski definition) is 3. The fourth-order valence-electron chi connectivity index (χ4n) is 2.75. The minimum atomic E-state index is -0.104. The summed E-state index contributed by atoms with van der Waals surface area (Å²) in [6, 6.07) is 8.06. The number of anilines is 1. The van der Waals surface area contributed by atoms with Gasteiger partial charge in [-0.25, -0.2) is 0 Å². The molecule has 2 rings (SSSR count). The highest BCUT2D eigenvalue weighted by atomic mass is 35.5. The Labute approximate surface area is 152 Å². The normalized spacial score (nSPS) is 16.4. The fourth-order valence-corrected chi connectivity index (χ4v) is 2.75. The van der Waals surface area contributed by atoms with Crippen molar-refractivity contribution in [1.29, 1.82) is 0 Å². The molecule has 0 aliphatic carbocycles. The summed E-state index contributed by atoms with van der Waals surface area (Å²) < 4.78 is 0. The maximum atomic E-state index is 11.7. The topological polar surface area (TPSA) is 58.4 Å². The van der Waals surface area contributed by atoms with E-state index in [1.807, 2.05) is 19.1 Å². The van der Waals surface area contributed by atoms with Crippen LogP contribution in [0, 0.1) is 0 Å². The molecule has 1 aliphatic heterocycles. The summed E-state index contributed by atoms with van der Waals surface area (Å²) in [4.78, 5) is 14.2. The van der Waals surface area contributed by atoms with Crippen LogP contribution in [0.3, 0.4) is 0 Å². The lowest BCUT2D eigenvalue weighted by molar-refractivity contribution is -0.116. The van der Waals surface area contributed by atoms with E-state index in [1.54, 1.807) is 0 Å². The Morgan fingerprint density at radius 2 is 1.70 bits per heavy atom. The standard InChI is InChI=1S/C17H27N3O.2ClH/c1-14(18)12-17(21)19-16-8-6-15(7-9-16)13-20-10-4-2-3-5-11-20;;/h6-9,14H,2-5,10-13,18H2,1H3,(H,19,21);2*1H. The van der Waals surface area contributed by atoms with E-state index in [0.717, 1.165) is 12.2 Å². The van der Waals surface area contributed by atoms with Crippen molar-refractivity contribution < 1.29 is 4.79 Å². The summed E-state index contributed by atoms with van der Waals surface area (Å²) in [5.41, 5.74) is 7.78. The van der Waals surface area contributed by atoms with Gasteiger partial charge in [0.2, 0.25) is 5.91 Å². The highest BCUT2D eigenvalue weighted by Gasteiger charge is 2.10. The SMILES string of the molecule is CC(N)CC(=O)Nc1ccc(CN2CCCCCC2)cc1.Cl.Cl. The predicted octanol–water partition coefficient (Wildman–Crippen LogP) is 3.58. The molecule has 3 N–H and O–H groups in total. The highest BCUT2D eigenvalue weighted by Crippen LogP contribution is 2.15. The van der Waals surface area contributed by atoms with Gasteiger partial charge in [-0.1, -0.05) is 25.0 Å². The van der Waals surface area contributed by atoms with Crippen molar-refractivity contribution in [3.63, 3.8) is 0 Å². The summed E-state index contributed by atoms with van der Waals surface area (Å²) in [7, 11) is 0. The molecule has 0 bridgehead atoms. The van der Waals surface area contributed by atoms with Crippen molar-refractivity contribution in [3.05, 3.63) is 29.8 Å². The molecule has 1 aromatic rings. The van der Waals surface area contributed by atoms with Crippen LogP contribution in [0.4, 0.5) is 5.69 Å². The summed E-state index contributed by atoms with van der Waals surface area (Å²) >= 11 is 0. The van der Waals surface area contributed by atoms with Crippen LogP contribution in [0.25, 0.3) is 0 Å². The molecule has 1 amide bonds. The van der Waals surface area contributed by atoms with E-state index >= 15 is 0 Å². The molecule has 1 saturated heterocycles. The number of nitrogens with two attached hydrogens (primary N) is 1. The Morgan fingerprint density at radius 3 is 2.22 bits per heavy atom. The summed E-state index contributed by atoms with van der Waals surface area (Å²) in [6.07, 6.45) is 5.70. The molecular formula is C17H29Cl2N3O. The highest BCUT2D eigenvalue weighted by molar-refractivity contribution is 5.91. The Balaban J connectivity index is 0.00000242. The van der Waals surface area contributed by atoms with Gasteiger partial charge in [-0.05, 0) is 50.6 Å². The average molecular weight is 362 g/mol. The minimum absolute atomic E-state index is 0. The van der Waals surface area contributed by atoms with E-state index in [0.29, 0.717) is 6.42 Å². The lowest BCUT2D eigenvalue weighted by Crippen LogP contribution is -2.24. The number of rotatable bonds is 5. The average Bonchev–Trinajstić information content (AvgIpc) is 2.69. The molecule has 1 aliphatic rings. The Morgan fingerprint density at radius 1 is 1.13 bits per heavy atom. The third kappa shape index (κ3) is 8.56. The fraction of sp³-hybridized carbons (Fsp3) is 0.588. The van der Waals surface area contributed by atoms with Gasteiger partial charge in [-0.3, -0.25) is 9.69 Å². The summed E-state index contributed by atoms with van der Waals surface area (Å²) in [5.74, 6) is -0.0229. The molecule has 132 valence electrons. The van der Waals surface area contributed by atoms with Crippen molar-refractivity contribution in [2.45, 2.75) is 51.6 Å². The van der Waals surface area contributed by atoms with Crippen LogP contribution in [0.5, 0.6) is 0 Å². The van der Waals surface area contributed by atoms with Crippen LogP contribution in [0.1, 0.15) is 44.6 Å². The molecule has 1 heterocycles. The number of carbonyl (C=O) groups excluding carboxylic acids is 1. The van der Waals surface area contributed by atoms with Crippen LogP contribution >= 0.6 is 24.8 Å². The van der Waals surface area contributed by atoms with Crippen molar-refractivity contribution in [3.8, 4) is 0 Å². The second kappa shape index (κ2) is 11.7. The van der Waals surface area contributed by atoms with Gasteiger partial charge in [0, 0.05) is 24.7 Å². The van der Waals surface area contributed by atoms with Gasteiger partial charge < -0.3 is 11.1 Å². The van der Waals surface area contributed by atoms with Gasteiger partial charge >= 0.3 is 0 Å². The number of benzene rings is 1. The van der Waals surface area contributed by atoms with Gasteiger partial charge in [0.25, 0.3) is 0 Å². The van der Waals surface area contributed by atoms with Crippen LogP contribution in [0.15, 0.2) is 24.3 Å². The smallest absolute Gasteiger partial charge is 0.225 e. The second-order valence-electron chi connectivity index (χ2n) is 6.12. The molecule has 0 radical (unpaired) electrons. The zero-order chi connectivity index (χ0) is 15.1. The first-order valence-corrected chi connectivity index (χ1v) is 8.00. The van der Waals surface area contributed by atoms with Crippen LogP contribution in [-0.2, 0) is 11.3 Å². The van der Waals surface area contributed by atoms with E-state index in [-0.39, 0.29) is 36.8 Å². The quantitative estimate of drug-likeness (QED) is 0.842. The lowest BCUT2D eigenvalue weighted by atomic mass is 10.1.